The van der Waals surface area contributed by atoms with E-state index in [9.17, 15) is 4.79 Å². The second-order valence-electron chi connectivity index (χ2n) is 5.51. The van der Waals surface area contributed by atoms with Crippen molar-refractivity contribution in [3.05, 3.63) is 16.1 Å². The lowest BCUT2D eigenvalue weighted by atomic mass is 9.78. The smallest absolute Gasteiger partial charge is 0.270 e. The van der Waals surface area contributed by atoms with E-state index in [0.29, 0.717) is 24.1 Å². The fourth-order valence-corrected chi connectivity index (χ4v) is 3.48. The molecule has 1 aromatic heterocycles. The second kappa shape index (κ2) is 6.48. The summed E-state index contributed by atoms with van der Waals surface area (Å²) in [7, 11) is 0. The minimum absolute atomic E-state index is 0.0366. The lowest BCUT2D eigenvalue weighted by Gasteiger charge is -2.34. The van der Waals surface area contributed by atoms with Gasteiger partial charge in [0.15, 0.2) is 0 Å². The Balaban J connectivity index is 1.95. The van der Waals surface area contributed by atoms with Crippen LogP contribution in [-0.2, 0) is 6.42 Å². The van der Waals surface area contributed by atoms with Gasteiger partial charge in [0.25, 0.3) is 5.91 Å². The Bertz CT molecular complexity index is 432. The zero-order chi connectivity index (χ0) is 13.8. The maximum atomic E-state index is 12.2. The second-order valence-corrected chi connectivity index (χ2v) is 6.46. The molecule has 1 amide bonds. The van der Waals surface area contributed by atoms with E-state index in [0.717, 1.165) is 17.8 Å². The maximum Gasteiger partial charge on any atom is 0.270 e. The molecule has 1 heterocycles. The molecule has 19 heavy (non-hydrogen) atoms. The Morgan fingerprint density at radius 1 is 1.53 bits per heavy atom. The molecule has 1 aliphatic carbocycles. The molecule has 1 aliphatic rings. The van der Waals surface area contributed by atoms with Crippen LogP contribution in [0.4, 0.5) is 0 Å². The molecule has 0 saturated heterocycles. The monoisotopic (exact) mass is 281 g/mol. The molecule has 3 atom stereocenters. The number of nitrogens with zero attached hydrogens (tertiary/aromatic N) is 1. The predicted molar refractivity (Wildman–Crippen MR) is 78.3 cm³/mol. The quantitative estimate of drug-likeness (QED) is 0.889. The number of hydrogen-bond acceptors (Lipinski definition) is 4. The van der Waals surface area contributed by atoms with Crippen molar-refractivity contribution < 1.29 is 4.79 Å². The zero-order valence-corrected chi connectivity index (χ0v) is 12.5. The lowest BCUT2D eigenvalue weighted by Crippen LogP contribution is -2.43. The van der Waals surface area contributed by atoms with E-state index in [-0.39, 0.29) is 11.9 Å². The predicted octanol–water partition coefficient (Wildman–Crippen LogP) is 2.20. The van der Waals surface area contributed by atoms with Crippen LogP contribution < -0.4 is 11.1 Å². The van der Waals surface area contributed by atoms with E-state index in [1.165, 1.54) is 24.2 Å². The van der Waals surface area contributed by atoms with Crippen molar-refractivity contribution in [1.29, 1.82) is 0 Å². The van der Waals surface area contributed by atoms with Crippen molar-refractivity contribution in [3.63, 3.8) is 0 Å². The first-order chi connectivity index (χ1) is 9.11. The van der Waals surface area contributed by atoms with Crippen LogP contribution in [0.15, 0.2) is 5.38 Å². The van der Waals surface area contributed by atoms with Gasteiger partial charge in [0.05, 0.1) is 5.01 Å². The summed E-state index contributed by atoms with van der Waals surface area (Å²) < 4.78 is 0. The van der Waals surface area contributed by atoms with Crippen LogP contribution in [0.2, 0.25) is 0 Å². The van der Waals surface area contributed by atoms with Crippen molar-refractivity contribution in [2.45, 2.75) is 45.6 Å². The van der Waals surface area contributed by atoms with Crippen LogP contribution in [0.5, 0.6) is 0 Å². The van der Waals surface area contributed by atoms with Crippen LogP contribution >= 0.6 is 11.3 Å². The highest BCUT2D eigenvalue weighted by Crippen LogP contribution is 2.29. The minimum atomic E-state index is -0.0366. The molecule has 3 unspecified atom stereocenters. The molecule has 4 nitrogen and oxygen atoms in total. The van der Waals surface area contributed by atoms with Gasteiger partial charge in [-0.05, 0) is 24.8 Å². The number of rotatable bonds is 4. The van der Waals surface area contributed by atoms with Gasteiger partial charge in [0.2, 0.25) is 0 Å². The number of hydrogen-bond donors (Lipinski definition) is 2. The molecule has 3 N–H and O–H groups in total. The third-order valence-corrected chi connectivity index (χ3v) is 5.07. The summed E-state index contributed by atoms with van der Waals surface area (Å²) in [5.41, 5.74) is 6.04. The Morgan fingerprint density at radius 2 is 2.32 bits per heavy atom. The van der Waals surface area contributed by atoms with E-state index < -0.39 is 0 Å². The van der Waals surface area contributed by atoms with Gasteiger partial charge in [0.1, 0.15) is 5.69 Å². The van der Waals surface area contributed by atoms with E-state index in [2.05, 4.69) is 24.1 Å². The van der Waals surface area contributed by atoms with Gasteiger partial charge in [-0.25, -0.2) is 4.98 Å². The summed E-state index contributed by atoms with van der Waals surface area (Å²) in [5, 5.41) is 5.92. The number of nitrogens with one attached hydrogen (secondary N) is 1. The SMILES string of the molecule is CC1CCCC(NC(=O)c2csc(CCN)n2)C1C. The summed E-state index contributed by atoms with van der Waals surface area (Å²) in [5.74, 6) is 1.19. The highest BCUT2D eigenvalue weighted by Gasteiger charge is 2.28. The van der Waals surface area contributed by atoms with Crippen molar-refractivity contribution in [2.24, 2.45) is 17.6 Å². The molecule has 0 spiro atoms. The lowest BCUT2D eigenvalue weighted by molar-refractivity contribution is 0.0886. The molecule has 0 aliphatic heterocycles. The average molecular weight is 281 g/mol. The molecular weight excluding hydrogens is 258 g/mol. The van der Waals surface area contributed by atoms with E-state index >= 15 is 0 Å². The standard InChI is InChI=1S/C14H23N3OS/c1-9-4-3-5-11(10(9)2)17-14(18)12-8-19-13(16-12)6-7-15/h8-11H,3-7,15H2,1-2H3,(H,17,18). The van der Waals surface area contributed by atoms with E-state index in [1.807, 2.05) is 5.38 Å². The van der Waals surface area contributed by atoms with Crippen molar-refractivity contribution in [1.82, 2.24) is 10.3 Å². The van der Waals surface area contributed by atoms with Crippen LogP contribution in [0.25, 0.3) is 0 Å². The third kappa shape index (κ3) is 3.54. The summed E-state index contributed by atoms with van der Waals surface area (Å²) in [6.07, 6.45) is 4.29. The molecule has 1 aromatic rings. The molecular formula is C14H23N3OS. The fraction of sp³-hybridized carbons (Fsp3) is 0.714. The fourth-order valence-electron chi connectivity index (χ4n) is 2.68. The number of carbonyl (C=O) groups is 1. The first-order valence-corrected chi connectivity index (χ1v) is 7.95. The highest BCUT2D eigenvalue weighted by molar-refractivity contribution is 7.09. The van der Waals surface area contributed by atoms with Crippen LogP contribution in [-0.4, -0.2) is 23.5 Å². The van der Waals surface area contributed by atoms with E-state index in [1.54, 1.807) is 0 Å². The molecule has 106 valence electrons. The molecule has 1 saturated carbocycles. The number of amides is 1. The first-order valence-electron chi connectivity index (χ1n) is 7.07. The van der Waals surface area contributed by atoms with Gasteiger partial charge in [-0.1, -0.05) is 26.7 Å². The summed E-state index contributed by atoms with van der Waals surface area (Å²) >= 11 is 1.51. The normalized spacial score (nSPS) is 27.2. The Morgan fingerprint density at radius 3 is 3.05 bits per heavy atom. The minimum Gasteiger partial charge on any atom is -0.348 e. The van der Waals surface area contributed by atoms with Gasteiger partial charge < -0.3 is 11.1 Å². The maximum absolute atomic E-state index is 12.2. The molecule has 1 fully saturated rings. The number of aromatic nitrogens is 1. The summed E-state index contributed by atoms with van der Waals surface area (Å²) in [6.45, 7) is 5.08. The van der Waals surface area contributed by atoms with Crippen LogP contribution in [0.3, 0.4) is 0 Å². The molecule has 0 bridgehead atoms. The van der Waals surface area contributed by atoms with Crippen molar-refractivity contribution in [2.75, 3.05) is 6.54 Å². The number of nitrogens with two attached hydrogens (primary N) is 1. The highest BCUT2D eigenvalue weighted by atomic mass is 32.1. The van der Waals surface area contributed by atoms with Gasteiger partial charge in [-0.2, -0.15) is 0 Å². The van der Waals surface area contributed by atoms with Crippen molar-refractivity contribution in [3.8, 4) is 0 Å². The molecule has 5 heteroatoms. The largest absolute Gasteiger partial charge is 0.348 e. The van der Waals surface area contributed by atoms with Gasteiger partial charge >= 0.3 is 0 Å². The first kappa shape index (κ1) is 14.5. The Labute approximate surface area is 118 Å². The van der Waals surface area contributed by atoms with Crippen molar-refractivity contribution >= 4 is 17.2 Å². The van der Waals surface area contributed by atoms with Crippen LogP contribution in [0.1, 0.15) is 48.6 Å². The van der Waals surface area contributed by atoms with E-state index in [4.69, 9.17) is 5.73 Å². The summed E-state index contributed by atoms with van der Waals surface area (Å²) in [4.78, 5) is 16.5. The van der Waals surface area contributed by atoms with Gasteiger partial charge in [-0.3, -0.25) is 4.79 Å². The van der Waals surface area contributed by atoms with Gasteiger partial charge in [-0.15, -0.1) is 11.3 Å². The number of thiazole rings is 1. The molecule has 0 radical (unpaired) electrons. The average Bonchev–Trinajstić information content (AvgIpc) is 2.84. The molecule has 0 aromatic carbocycles. The number of carbonyl (C=O) groups excluding carboxylic acids is 1. The Hall–Kier alpha value is -0.940. The molecule has 2 rings (SSSR count). The van der Waals surface area contributed by atoms with Crippen LogP contribution in [0, 0.1) is 11.8 Å². The third-order valence-electron chi connectivity index (χ3n) is 4.17. The summed E-state index contributed by atoms with van der Waals surface area (Å²) in [6, 6.07) is 0.288. The van der Waals surface area contributed by atoms with Gasteiger partial charge in [0, 0.05) is 17.8 Å². The topological polar surface area (TPSA) is 68.0 Å². The Kier molecular flexibility index (Phi) is 4.93. The zero-order valence-electron chi connectivity index (χ0n) is 11.7.